The number of nitrogens with zero attached hydrogens (tertiary/aromatic N) is 1. The monoisotopic (exact) mass is 485 g/mol. The Bertz CT molecular complexity index is 1630. The molecule has 0 N–H and O–H groups in total. The van der Waals surface area contributed by atoms with Crippen molar-refractivity contribution in [3.8, 4) is 0 Å². The predicted molar refractivity (Wildman–Crippen MR) is 157 cm³/mol. The van der Waals surface area contributed by atoms with Gasteiger partial charge in [-0.05, 0) is 96.4 Å². The van der Waals surface area contributed by atoms with Crippen molar-refractivity contribution < 1.29 is 0 Å². The van der Waals surface area contributed by atoms with E-state index in [9.17, 15) is 0 Å². The maximum atomic E-state index is 2.42. The van der Waals surface area contributed by atoms with E-state index in [-0.39, 0.29) is 5.41 Å². The summed E-state index contributed by atoms with van der Waals surface area (Å²) in [5.74, 6) is 0. The molecular weight excluding hydrogens is 454 g/mol. The highest BCUT2D eigenvalue weighted by molar-refractivity contribution is 7.20. The van der Waals surface area contributed by atoms with Gasteiger partial charge in [0.05, 0.1) is 0 Å². The third-order valence-electron chi connectivity index (χ3n) is 7.86. The molecule has 1 aliphatic carbocycles. The van der Waals surface area contributed by atoms with Crippen molar-refractivity contribution in [1.29, 1.82) is 0 Å². The molecule has 178 valence electrons. The van der Waals surface area contributed by atoms with Crippen LogP contribution >= 0.6 is 11.3 Å². The first-order valence-corrected chi connectivity index (χ1v) is 13.4. The molecule has 1 heterocycles. The molecular formula is C34H31NS. The Morgan fingerprint density at radius 2 is 1.36 bits per heavy atom. The fourth-order valence-electron chi connectivity index (χ4n) is 5.62. The van der Waals surface area contributed by atoms with Crippen LogP contribution in [0.1, 0.15) is 47.9 Å². The Morgan fingerprint density at radius 1 is 0.667 bits per heavy atom. The van der Waals surface area contributed by atoms with Crippen molar-refractivity contribution in [2.75, 3.05) is 4.90 Å². The highest BCUT2D eigenvalue weighted by Gasteiger charge is 2.37. The van der Waals surface area contributed by atoms with Gasteiger partial charge in [0.25, 0.3) is 0 Å². The van der Waals surface area contributed by atoms with Gasteiger partial charge in [-0.15, -0.1) is 11.3 Å². The van der Waals surface area contributed by atoms with Gasteiger partial charge in [-0.1, -0.05) is 74.0 Å². The molecule has 0 amide bonds. The lowest BCUT2D eigenvalue weighted by molar-refractivity contribution is 0.639. The van der Waals surface area contributed by atoms with Crippen molar-refractivity contribution in [1.82, 2.24) is 0 Å². The average Bonchev–Trinajstić information content (AvgIpc) is 3.31. The van der Waals surface area contributed by atoms with Crippen LogP contribution in [0.3, 0.4) is 0 Å². The molecule has 2 heteroatoms. The Labute approximate surface area is 218 Å². The van der Waals surface area contributed by atoms with Crippen LogP contribution in [0.2, 0.25) is 0 Å². The van der Waals surface area contributed by atoms with Crippen LogP contribution in [0.4, 0.5) is 17.1 Å². The summed E-state index contributed by atoms with van der Waals surface area (Å²) in [6, 6.07) is 35.3. The third kappa shape index (κ3) is 3.51. The second-order valence-corrected chi connectivity index (χ2v) is 11.5. The maximum absolute atomic E-state index is 2.42. The number of fused-ring (bicyclic) bond motifs is 2. The Hall–Kier alpha value is -3.62. The first-order valence-electron chi connectivity index (χ1n) is 12.6. The van der Waals surface area contributed by atoms with Gasteiger partial charge in [-0.2, -0.15) is 0 Å². The van der Waals surface area contributed by atoms with Gasteiger partial charge in [-0.3, -0.25) is 0 Å². The summed E-state index contributed by atoms with van der Waals surface area (Å²) < 4.78 is 1.36. The van der Waals surface area contributed by atoms with Crippen molar-refractivity contribution in [2.24, 2.45) is 0 Å². The molecule has 5 aromatic rings. The second-order valence-electron chi connectivity index (χ2n) is 10.4. The van der Waals surface area contributed by atoms with E-state index < -0.39 is 0 Å². The van der Waals surface area contributed by atoms with Crippen LogP contribution in [-0.2, 0) is 5.41 Å². The van der Waals surface area contributed by atoms with Gasteiger partial charge in [0.1, 0.15) is 0 Å². The predicted octanol–water partition coefficient (Wildman–Crippen LogP) is 10.1. The van der Waals surface area contributed by atoms with E-state index >= 15 is 0 Å². The largest absolute Gasteiger partial charge is 0.310 e. The van der Waals surface area contributed by atoms with Crippen LogP contribution in [0.15, 0.2) is 103 Å². The summed E-state index contributed by atoms with van der Waals surface area (Å²) in [6.07, 6.45) is 0. The minimum absolute atomic E-state index is 0.0434. The van der Waals surface area contributed by atoms with E-state index in [0.29, 0.717) is 0 Å². The standard InChI is InChI=1S/C34H31NS/c1-22-12-11-15-26(20-22)35(25-13-7-6-8-14-25)27-18-19-29-30(21-27)34(4,5)24(3)32(29)33-23(2)28-16-9-10-17-31(28)36-33/h6-21H,1-5H3. The van der Waals surface area contributed by atoms with Gasteiger partial charge in [0.2, 0.25) is 0 Å². The third-order valence-corrected chi connectivity index (χ3v) is 9.15. The number of rotatable bonds is 4. The van der Waals surface area contributed by atoms with Crippen LogP contribution < -0.4 is 4.90 Å². The maximum Gasteiger partial charge on any atom is 0.0465 e. The highest BCUT2D eigenvalue weighted by Crippen LogP contribution is 2.52. The second kappa shape index (κ2) is 8.50. The molecule has 1 aromatic heterocycles. The number of hydrogen-bond donors (Lipinski definition) is 0. The average molecular weight is 486 g/mol. The number of thiophene rings is 1. The topological polar surface area (TPSA) is 3.24 Å². The smallest absolute Gasteiger partial charge is 0.0465 e. The van der Waals surface area contributed by atoms with E-state index in [2.05, 4.69) is 137 Å². The SMILES string of the molecule is CC1=C(c2sc3ccccc3c2C)c2ccc(N(c3ccccc3)c3cccc(C)c3)cc2C1(C)C. The fraction of sp³-hybridized carbons (Fsp3) is 0.176. The number of allylic oxidation sites excluding steroid dienone is 1. The molecule has 0 radical (unpaired) electrons. The molecule has 36 heavy (non-hydrogen) atoms. The summed E-state index contributed by atoms with van der Waals surface area (Å²) in [5.41, 5.74) is 11.8. The summed E-state index contributed by atoms with van der Waals surface area (Å²) in [7, 11) is 0. The number of aryl methyl sites for hydroxylation is 2. The van der Waals surface area contributed by atoms with E-state index in [1.807, 2.05) is 11.3 Å². The molecule has 6 rings (SSSR count). The molecule has 1 nitrogen and oxygen atoms in total. The molecule has 0 atom stereocenters. The molecule has 1 aliphatic rings. The molecule has 0 saturated carbocycles. The zero-order chi connectivity index (χ0) is 25.0. The number of anilines is 3. The van der Waals surface area contributed by atoms with E-state index in [1.165, 1.54) is 65.4 Å². The van der Waals surface area contributed by atoms with Crippen LogP contribution in [-0.4, -0.2) is 0 Å². The van der Waals surface area contributed by atoms with Gasteiger partial charge >= 0.3 is 0 Å². The summed E-state index contributed by atoms with van der Waals surface area (Å²) in [4.78, 5) is 3.79. The summed E-state index contributed by atoms with van der Waals surface area (Å²) in [6.45, 7) is 11.5. The summed E-state index contributed by atoms with van der Waals surface area (Å²) >= 11 is 1.93. The lowest BCUT2D eigenvalue weighted by Crippen LogP contribution is -2.17. The zero-order valence-corrected chi connectivity index (χ0v) is 22.4. The number of benzene rings is 4. The molecule has 4 aromatic carbocycles. The fourth-order valence-corrected chi connectivity index (χ4v) is 6.95. The Kier molecular flexibility index (Phi) is 5.39. The first kappa shape index (κ1) is 22.8. The van der Waals surface area contributed by atoms with Crippen molar-refractivity contribution in [3.05, 3.63) is 130 Å². The molecule has 0 fully saturated rings. The number of para-hydroxylation sites is 1. The van der Waals surface area contributed by atoms with Gasteiger partial charge < -0.3 is 4.90 Å². The zero-order valence-electron chi connectivity index (χ0n) is 21.6. The van der Waals surface area contributed by atoms with E-state index in [0.717, 1.165) is 0 Å². The minimum Gasteiger partial charge on any atom is -0.310 e. The van der Waals surface area contributed by atoms with Gasteiger partial charge in [0, 0.05) is 32.1 Å². The molecule has 0 aliphatic heterocycles. The molecule has 0 saturated heterocycles. The van der Waals surface area contributed by atoms with Crippen molar-refractivity contribution in [3.63, 3.8) is 0 Å². The molecule has 0 unspecified atom stereocenters. The lowest BCUT2D eigenvalue weighted by Gasteiger charge is -2.28. The van der Waals surface area contributed by atoms with Crippen molar-refractivity contribution in [2.45, 2.75) is 40.0 Å². The molecule has 0 bridgehead atoms. The Morgan fingerprint density at radius 3 is 2.11 bits per heavy atom. The van der Waals surface area contributed by atoms with Crippen LogP contribution in [0, 0.1) is 13.8 Å². The number of hydrogen-bond acceptors (Lipinski definition) is 2. The quantitative estimate of drug-likeness (QED) is 0.245. The Balaban J connectivity index is 1.53. The van der Waals surface area contributed by atoms with E-state index in [1.54, 1.807) is 0 Å². The molecule has 0 spiro atoms. The van der Waals surface area contributed by atoms with Gasteiger partial charge in [-0.25, -0.2) is 0 Å². The van der Waals surface area contributed by atoms with Crippen LogP contribution in [0.25, 0.3) is 15.7 Å². The lowest BCUT2D eigenvalue weighted by atomic mass is 9.81. The minimum atomic E-state index is -0.0434. The highest BCUT2D eigenvalue weighted by atomic mass is 32.1. The normalized spacial score (nSPS) is 14.4. The van der Waals surface area contributed by atoms with Crippen molar-refractivity contribution >= 4 is 44.1 Å². The first-order chi connectivity index (χ1) is 17.4. The van der Waals surface area contributed by atoms with Crippen LogP contribution in [0.5, 0.6) is 0 Å². The van der Waals surface area contributed by atoms with E-state index in [4.69, 9.17) is 0 Å². The summed E-state index contributed by atoms with van der Waals surface area (Å²) in [5, 5.41) is 1.37. The van der Waals surface area contributed by atoms with Gasteiger partial charge in [0.15, 0.2) is 0 Å².